The predicted molar refractivity (Wildman–Crippen MR) is 207 cm³/mol. The molecule has 0 aliphatic heterocycles. The molecule has 0 amide bonds. The summed E-state index contributed by atoms with van der Waals surface area (Å²) in [4.78, 5) is 24.5. The van der Waals surface area contributed by atoms with Crippen LogP contribution in [0.4, 0.5) is 0 Å². The Morgan fingerprint density at radius 1 is 0.625 bits per heavy atom. The normalized spacial score (nSPS) is 12.2. The van der Waals surface area contributed by atoms with E-state index >= 15 is 0 Å². The van der Waals surface area contributed by atoms with E-state index in [1.54, 1.807) is 13.8 Å². The van der Waals surface area contributed by atoms with Gasteiger partial charge in [0.15, 0.2) is 12.2 Å². The van der Waals surface area contributed by atoms with E-state index in [4.69, 9.17) is 28.4 Å². The van der Waals surface area contributed by atoms with Crippen LogP contribution in [0.2, 0.25) is 0 Å². The topological polar surface area (TPSA) is 89.5 Å². The second kappa shape index (κ2) is 24.1. The zero-order valence-electron chi connectivity index (χ0n) is 29.0. The lowest BCUT2D eigenvalue weighted by Gasteiger charge is -2.20. The van der Waals surface area contributed by atoms with Crippen LogP contribution >= 0.6 is 45.2 Å². The average Bonchev–Trinajstić information content (AvgIpc) is 3.04. The molecule has 2 aromatic carbocycles. The molecule has 0 spiro atoms. The van der Waals surface area contributed by atoms with Crippen molar-refractivity contribution in [2.45, 2.75) is 91.3 Å². The van der Waals surface area contributed by atoms with Crippen LogP contribution in [0, 0.1) is 7.14 Å². The first-order valence-electron chi connectivity index (χ1n) is 16.7. The molecule has 0 saturated heterocycles. The van der Waals surface area contributed by atoms with E-state index < -0.39 is 24.1 Å². The lowest BCUT2D eigenvalue weighted by molar-refractivity contribution is -0.150. The van der Waals surface area contributed by atoms with Gasteiger partial charge >= 0.3 is 11.9 Å². The predicted octanol–water partition coefficient (Wildman–Crippen LogP) is 8.83. The van der Waals surface area contributed by atoms with Crippen LogP contribution in [0.5, 0.6) is 11.5 Å². The van der Waals surface area contributed by atoms with Crippen molar-refractivity contribution >= 4 is 57.1 Å². The van der Waals surface area contributed by atoms with E-state index in [2.05, 4.69) is 90.4 Å². The summed E-state index contributed by atoms with van der Waals surface area (Å²) >= 11 is 4.47. The molecule has 0 bridgehead atoms. The molecule has 48 heavy (non-hydrogen) atoms. The fourth-order valence-corrected chi connectivity index (χ4v) is 6.31. The summed E-state index contributed by atoms with van der Waals surface area (Å²) < 4.78 is 37.1. The number of hydrogen-bond donors (Lipinski definition) is 0. The van der Waals surface area contributed by atoms with Crippen molar-refractivity contribution in [1.29, 1.82) is 0 Å². The molecule has 0 aromatic heterocycles. The van der Waals surface area contributed by atoms with Crippen LogP contribution in [0.25, 0.3) is 0 Å². The minimum atomic E-state index is -0.584. The van der Waals surface area contributed by atoms with Crippen LogP contribution < -0.4 is 9.47 Å². The van der Waals surface area contributed by atoms with Crippen molar-refractivity contribution in [3.05, 3.63) is 79.0 Å². The van der Waals surface area contributed by atoms with Gasteiger partial charge in [0.25, 0.3) is 0 Å². The highest BCUT2D eigenvalue weighted by atomic mass is 127. The van der Waals surface area contributed by atoms with Crippen molar-refractivity contribution in [1.82, 2.24) is 0 Å². The molecule has 0 radical (unpaired) electrons. The first kappa shape index (κ1) is 42.0. The number of unbranched alkanes of at least 4 members (excludes halogenated alkanes) is 3. The number of carbonyl (C=O) groups is 2. The molecule has 0 fully saturated rings. The molecule has 0 N–H and O–H groups in total. The summed E-state index contributed by atoms with van der Waals surface area (Å²) in [5, 5.41) is 0. The molecule has 8 nitrogen and oxygen atoms in total. The summed E-state index contributed by atoms with van der Waals surface area (Å²) in [6.07, 6.45) is 6.83. The Morgan fingerprint density at radius 2 is 1.04 bits per heavy atom. The van der Waals surface area contributed by atoms with Gasteiger partial charge in [-0.1, -0.05) is 45.9 Å². The van der Waals surface area contributed by atoms with E-state index in [9.17, 15) is 9.59 Å². The lowest BCUT2D eigenvalue weighted by atomic mass is 10.0. The molecular weight excluding hydrogens is 838 g/mol. The minimum Gasteiger partial charge on any atom is -0.490 e. The Balaban J connectivity index is 1.83. The van der Waals surface area contributed by atoms with Crippen molar-refractivity contribution in [2.24, 2.45) is 0 Å². The van der Waals surface area contributed by atoms with Gasteiger partial charge in [-0.15, -0.1) is 0 Å². The fourth-order valence-electron chi connectivity index (χ4n) is 4.43. The fraction of sp³-hybridized carbons (Fsp3) is 0.526. The molecule has 2 rings (SSSR count). The number of carbonyl (C=O) groups excluding carboxylic acids is 2. The van der Waals surface area contributed by atoms with Crippen LogP contribution in [-0.4, -0.2) is 63.8 Å². The molecule has 266 valence electrons. The van der Waals surface area contributed by atoms with Gasteiger partial charge in [-0.2, -0.15) is 0 Å². The molecule has 2 atom stereocenters. The Hall–Kier alpha value is -2.16. The van der Waals surface area contributed by atoms with Crippen LogP contribution in [0.15, 0.2) is 60.7 Å². The molecular formula is C38H52I2O8. The maximum Gasteiger partial charge on any atom is 0.333 e. The maximum atomic E-state index is 12.3. The van der Waals surface area contributed by atoms with Crippen LogP contribution in [0.3, 0.4) is 0 Å². The van der Waals surface area contributed by atoms with E-state index in [-0.39, 0.29) is 26.4 Å². The standard InChI is InChI=1S/C38H52I2O8/c1-7-9-13-29-17-30(14-10-8-2)19-33(18-29)45-25-35(47-37(41)27(3)4)23-43-15-11-12-16-44-24-36(48-38(42)28(5)6)26-46-34-21-31(39)20-32(40)22-34/h17-22,35-36H,3,5,7-16,23-26H2,1-2,4,6H3. The molecule has 2 unspecified atom stereocenters. The molecule has 0 saturated carbocycles. The Kier molecular flexibility index (Phi) is 21.1. The Labute approximate surface area is 314 Å². The highest BCUT2D eigenvalue weighted by molar-refractivity contribution is 14.1. The summed E-state index contributed by atoms with van der Waals surface area (Å²) in [5.41, 5.74) is 3.17. The number of esters is 2. The maximum absolute atomic E-state index is 12.3. The Bertz CT molecular complexity index is 1270. The summed E-state index contributed by atoms with van der Waals surface area (Å²) in [7, 11) is 0. The third kappa shape index (κ3) is 18.0. The van der Waals surface area contributed by atoms with Gasteiger partial charge < -0.3 is 28.4 Å². The number of ether oxygens (including phenoxy) is 6. The van der Waals surface area contributed by atoms with Gasteiger partial charge in [-0.25, -0.2) is 9.59 Å². The molecule has 0 aliphatic rings. The third-order valence-corrected chi connectivity index (χ3v) is 8.30. The summed E-state index contributed by atoms with van der Waals surface area (Å²) in [6, 6.07) is 12.3. The molecule has 0 aliphatic carbocycles. The number of halogens is 2. The molecule has 2 aromatic rings. The first-order valence-corrected chi connectivity index (χ1v) is 18.9. The minimum absolute atomic E-state index is 0.160. The second-order valence-electron chi connectivity index (χ2n) is 11.9. The molecule has 0 heterocycles. The van der Waals surface area contributed by atoms with E-state index in [1.807, 2.05) is 18.2 Å². The summed E-state index contributed by atoms with van der Waals surface area (Å²) in [5.74, 6) is 0.539. The van der Waals surface area contributed by atoms with Crippen molar-refractivity contribution in [2.75, 3.05) is 39.6 Å². The van der Waals surface area contributed by atoms with E-state index in [0.29, 0.717) is 30.1 Å². The second-order valence-corrected chi connectivity index (χ2v) is 14.4. The monoisotopic (exact) mass is 890 g/mol. The highest BCUT2D eigenvalue weighted by Gasteiger charge is 2.19. The van der Waals surface area contributed by atoms with E-state index in [0.717, 1.165) is 64.3 Å². The number of rotatable bonds is 25. The lowest BCUT2D eigenvalue weighted by Crippen LogP contribution is -2.30. The van der Waals surface area contributed by atoms with Crippen LogP contribution in [0.1, 0.15) is 77.3 Å². The zero-order valence-corrected chi connectivity index (χ0v) is 33.3. The number of benzene rings is 2. The SMILES string of the molecule is C=C(C)C(=O)OC(COCCCCOCC(COc1cc(CCCC)cc(CCCC)c1)OC(=O)C(=C)C)COc1cc(I)cc(I)c1. The first-order chi connectivity index (χ1) is 23.0. The van der Waals surface area contributed by atoms with Gasteiger partial charge in [0, 0.05) is 31.5 Å². The third-order valence-electron chi connectivity index (χ3n) is 7.05. The average molecular weight is 891 g/mol. The van der Waals surface area contributed by atoms with Gasteiger partial charge in [-0.3, -0.25) is 0 Å². The molecule has 10 heteroatoms. The van der Waals surface area contributed by atoms with E-state index in [1.165, 1.54) is 11.1 Å². The quantitative estimate of drug-likeness (QED) is 0.0423. The van der Waals surface area contributed by atoms with Crippen molar-refractivity contribution in [3.63, 3.8) is 0 Å². The van der Waals surface area contributed by atoms with Crippen molar-refractivity contribution in [3.8, 4) is 11.5 Å². The van der Waals surface area contributed by atoms with Crippen molar-refractivity contribution < 1.29 is 38.0 Å². The van der Waals surface area contributed by atoms with Gasteiger partial charge in [0.05, 0.1) is 13.2 Å². The zero-order chi connectivity index (χ0) is 35.3. The smallest absolute Gasteiger partial charge is 0.333 e. The number of aryl methyl sites for hydroxylation is 2. The summed E-state index contributed by atoms with van der Waals surface area (Å²) in [6.45, 7) is 16.6. The largest absolute Gasteiger partial charge is 0.490 e. The van der Waals surface area contributed by atoms with Gasteiger partial charge in [-0.05, 0) is 139 Å². The van der Waals surface area contributed by atoms with Crippen LogP contribution in [-0.2, 0) is 41.4 Å². The number of hydrogen-bond acceptors (Lipinski definition) is 8. The highest BCUT2D eigenvalue weighted by Crippen LogP contribution is 2.22. The van der Waals surface area contributed by atoms with Gasteiger partial charge in [0.2, 0.25) is 0 Å². The Morgan fingerprint density at radius 3 is 1.44 bits per heavy atom. The van der Waals surface area contributed by atoms with Gasteiger partial charge in [0.1, 0.15) is 24.7 Å².